The van der Waals surface area contributed by atoms with Crippen molar-refractivity contribution in [3.8, 4) is 0 Å². The van der Waals surface area contributed by atoms with Crippen LogP contribution >= 0.6 is 0 Å². The van der Waals surface area contributed by atoms with E-state index < -0.39 is 26.8 Å². The molecular weight excluding hydrogens is 284 g/mol. The number of nitrogens with zero attached hydrogens (tertiary/aromatic N) is 1. The van der Waals surface area contributed by atoms with Crippen molar-refractivity contribution >= 4 is 21.1 Å². The number of pyridine rings is 1. The summed E-state index contributed by atoms with van der Waals surface area (Å²) in [4.78, 5) is 30.8. The summed E-state index contributed by atoms with van der Waals surface area (Å²) in [5.41, 5.74) is -1.72. The van der Waals surface area contributed by atoms with Crippen molar-refractivity contribution in [2.45, 2.75) is 30.2 Å². The van der Waals surface area contributed by atoms with Crippen LogP contribution in [0.25, 0.3) is 11.0 Å². The fraction of sp³-hybridized carbons (Fsp3) is 0.364. The predicted octanol–water partition coefficient (Wildman–Crippen LogP) is -0.558. The molecule has 1 aliphatic rings. The quantitative estimate of drug-likeness (QED) is 0.700. The van der Waals surface area contributed by atoms with Gasteiger partial charge in [-0.2, -0.15) is 0 Å². The maximum atomic E-state index is 12.2. The Balaban J connectivity index is 2.14. The summed E-state index contributed by atoms with van der Waals surface area (Å²) >= 11 is 0. The second-order valence-electron chi connectivity index (χ2n) is 5.14. The van der Waals surface area contributed by atoms with Gasteiger partial charge in [0, 0.05) is 11.7 Å². The normalized spacial score (nSPS) is 17.2. The number of fused-ring (bicyclic) bond motifs is 1. The Morgan fingerprint density at radius 1 is 1.30 bits per heavy atom. The van der Waals surface area contributed by atoms with Crippen molar-refractivity contribution < 1.29 is 8.42 Å². The zero-order valence-corrected chi connectivity index (χ0v) is 11.4. The zero-order chi connectivity index (χ0) is 14.5. The molecule has 9 heteroatoms. The van der Waals surface area contributed by atoms with Crippen LogP contribution in [-0.4, -0.2) is 28.9 Å². The molecule has 3 rings (SSSR count). The van der Waals surface area contributed by atoms with Gasteiger partial charge in [0.25, 0.3) is 5.56 Å². The fourth-order valence-electron chi connectivity index (χ4n) is 1.85. The maximum absolute atomic E-state index is 12.2. The lowest BCUT2D eigenvalue weighted by Crippen LogP contribution is -2.34. The molecule has 8 nitrogen and oxygen atoms in total. The van der Waals surface area contributed by atoms with Crippen LogP contribution < -0.4 is 16.0 Å². The van der Waals surface area contributed by atoms with Gasteiger partial charge in [-0.15, -0.1) is 0 Å². The summed E-state index contributed by atoms with van der Waals surface area (Å²) in [5, 5.41) is 0.0217. The maximum Gasteiger partial charge on any atom is 0.327 e. The number of hydrogen-bond acceptors (Lipinski definition) is 5. The summed E-state index contributed by atoms with van der Waals surface area (Å²) in [6.45, 7) is 1.81. The van der Waals surface area contributed by atoms with Crippen molar-refractivity contribution in [1.29, 1.82) is 0 Å². The monoisotopic (exact) mass is 296 g/mol. The van der Waals surface area contributed by atoms with Crippen LogP contribution in [0.15, 0.2) is 26.7 Å². The average molecular weight is 296 g/mol. The number of hydrogen-bond donors (Lipinski definition) is 3. The third-order valence-corrected chi connectivity index (χ3v) is 4.86. The van der Waals surface area contributed by atoms with Gasteiger partial charge in [0.05, 0.1) is 5.39 Å². The summed E-state index contributed by atoms with van der Waals surface area (Å²) in [6, 6.07) is 1.20. The number of nitrogens with one attached hydrogen (secondary N) is 3. The Morgan fingerprint density at radius 2 is 2.00 bits per heavy atom. The molecule has 0 bridgehead atoms. The van der Waals surface area contributed by atoms with E-state index in [2.05, 4.69) is 14.7 Å². The van der Waals surface area contributed by atoms with Crippen LogP contribution in [0.1, 0.15) is 19.8 Å². The van der Waals surface area contributed by atoms with E-state index in [9.17, 15) is 18.0 Å². The molecule has 0 spiro atoms. The Hall–Kier alpha value is -2.00. The van der Waals surface area contributed by atoms with Crippen LogP contribution in [0, 0.1) is 0 Å². The Labute approximate surface area is 113 Å². The molecule has 0 aliphatic heterocycles. The molecule has 0 atom stereocenters. The first-order chi connectivity index (χ1) is 9.29. The lowest BCUT2D eigenvalue weighted by atomic mass is 10.3. The van der Waals surface area contributed by atoms with E-state index in [0.29, 0.717) is 0 Å². The topological polar surface area (TPSA) is 125 Å². The highest BCUT2D eigenvalue weighted by Crippen LogP contribution is 2.35. The molecule has 20 heavy (non-hydrogen) atoms. The fourth-order valence-corrected chi connectivity index (χ4v) is 3.28. The highest BCUT2D eigenvalue weighted by atomic mass is 32.2. The molecule has 2 aromatic heterocycles. The van der Waals surface area contributed by atoms with Crippen LogP contribution in [0.3, 0.4) is 0 Å². The number of H-pyrrole nitrogens is 2. The number of aromatic nitrogens is 3. The van der Waals surface area contributed by atoms with Crippen molar-refractivity contribution in [3.63, 3.8) is 0 Å². The second kappa shape index (κ2) is 4.00. The molecule has 3 N–H and O–H groups in total. The summed E-state index contributed by atoms with van der Waals surface area (Å²) in [6.07, 6.45) is 2.67. The SMILES string of the molecule is CC1(NS(=O)(=O)c2cnc3[nH]c(=O)[nH]c(=O)c3c2)CC1. The molecule has 0 amide bonds. The van der Waals surface area contributed by atoms with Gasteiger partial charge in [0.1, 0.15) is 10.5 Å². The number of aromatic amines is 2. The van der Waals surface area contributed by atoms with Gasteiger partial charge in [-0.1, -0.05) is 0 Å². The van der Waals surface area contributed by atoms with Gasteiger partial charge in [-0.05, 0) is 25.8 Å². The third kappa shape index (κ3) is 2.25. The average Bonchev–Trinajstić information content (AvgIpc) is 3.05. The molecule has 2 heterocycles. The van der Waals surface area contributed by atoms with Crippen molar-refractivity contribution in [2.75, 3.05) is 0 Å². The van der Waals surface area contributed by atoms with E-state index in [1.165, 1.54) is 6.07 Å². The highest BCUT2D eigenvalue weighted by Gasteiger charge is 2.41. The molecular formula is C11H12N4O4S. The first kappa shape index (κ1) is 13.0. The predicted molar refractivity (Wildman–Crippen MR) is 70.9 cm³/mol. The van der Waals surface area contributed by atoms with Crippen LogP contribution in [0.5, 0.6) is 0 Å². The molecule has 1 aliphatic carbocycles. The van der Waals surface area contributed by atoms with Gasteiger partial charge in [0.2, 0.25) is 10.0 Å². The number of sulfonamides is 1. The minimum absolute atomic E-state index is 0.0217. The molecule has 0 aromatic carbocycles. The van der Waals surface area contributed by atoms with Crippen LogP contribution in [0.2, 0.25) is 0 Å². The summed E-state index contributed by atoms with van der Waals surface area (Å²) in [7, 11) is -3.73. The van der Waals surface area contributed by atoms with Crippen molar-refractivity contribution in [1.82, 2.24) is 19.7 Å². The van der Waals surface area contributed by atoms with E-state index >= 15 is 0 Å². The standard InChI is InChI=1S/C11H12N4O4S/c1-11(2-3-11)15-20(18,19)6-4-7-8(12-5-6)13-10(17)14-9(7)16/h4-5,15H,2-3H2,1H3,(H2,12,13,14,16,17). The lowest BCUT2D eigenvalue weighted by Gasteiger charge is -2.11. The highest BCUT2D eigenvalue weighted by molar-refractivity contribution is 7.89. The molecule has 0 radical (unpaired) electrons. The van der Waals surface area contributed by atoms with Gasteiger partial charge in [-0.3, -0.25) is 14.8 Å². The smallest absolute Gasteiger partial charge is 0.291 e. The molecule has 1 saturated carbocycles. The Morgan fingerprint density at radius 3 is 2.65 bits per heavy atom. The van der Waals surface area contributed by atoms with Crippen molar-refractivity contribution in [2.24, 2.45) is 0 Å². The van der Waals surface area contributed by atoms with Crippen LogP contribution in [0.4, 0.5) is 0 Å². The van der Waals surface area contributed by atoms with Gasteiger partial charge in [0.15, 0.2) is 0 Å². The Kier molecular flexibility index (Phi) is 2.60. The molecule has 0 unspecified atom stereocenters. The molecule has 0 saturated heterocycles. The number of rotatable bonds is 3. The van der Waals surface area contributed by atoms with Crippen LogP contribution in [-0.2, 0) is 10.0 Å². The molecule has 1 fully saturated rings. The van der Waals surface area contributed by atoms with Gasteiger partial charge >= 0.3 is 5.69 Å². The first-order valence-electron chi connectivity index (χ1n) is 5.95. The first-order valence-corrected chi connectivity index (χ1v) is 7.44. The third-order valence-electron chi connectivity index (χ3n) is 3.26. The molecule has 106 valence electrons. The van der Waals surface area contributed by atoms with E-state index in [4.69, 9.17) is 0 Å². The van der Waals surface area contributed by atoms with Gasteiger partial charge < -0.3 is 0 Å². The zero-order valence-electron chi connectivity index (χ0n) is 10.6. The summed E-state index contributed by atoms with van der Waals surface area (Å²) in [5.74, 6) is 0. The van der Waals surface area contributed by atoms with Crippen molar-refractivity contribution in [3.05, 3.63) is 33.1 Å². The van der Waals surface area contributed by atoms with E-state index in [0.717, 1.165) is 19.0 Å². The Bertz CT molecular complexity index is 908. The van der Waals surface area contributed by atoms with E-state index in [-0.39, 0.29) is 15.9 Å². The van der Waals surface area contributed by atoms with Gasteiger partial charge in [-0.25, -0.2) is 22.9 Å². The largest absolute Gasteiger partial charge is 0.327 e. The minimum Gasteiger partial charge on any atom is -0.291 e. The molecule has 2 aromatic rings. The summed E-state index contributed by atoms with van der Waals surface area (Å²) < 4.78 is 26.9. The second-order valence-corrected chi connectivity index (χ2v) is 6.82. The van der Waals surface area contributed by atoms with E-state index in [1.54, 1.807) is 0 Å². The minimum atomic E-state index is -3.73. The lowest BCUT2D eigenvalue weighted by molar-refractivity contribution is 0.558. The van der Waals surface area contributed by atoms with E-state index in [1.807, 2.05) is 11.9 Å².